The number of carbonyl (C=O) groups is 2. The molecule has 0 aromatic rings. The van der Waals surface area contributed by atoms with Crippen LogP contribution in [0.5, 0.6) is 0 Å². The van der Waals surface area contributed by atoms with Crippen molar-refractivity contribution in [1.82, 2.24) is 10.2 Å². The van der Waals surface area contributed by atoms with Gasteiger partial charge in [0.05, 0.1) is 6.04 Å². The van der Waals surface area contributed by atoms with Crippen molar-refractivity contribution >= 4 is 11.9 Å². The van der Waals surface area contributed by atoms with Crippen molar-refractivity contribution in [1.29, 1.82) is 0 Å². The lowest BCUT2D eigenvalue weighted by Gasteiger charge is -2.38. The van der Waals surface area contributed by atoms with E-state index in [2.05, 4.69) is 5.32 Å². The standard InChI is InChI=1S/C15H28N2O3/c1-6-14(4,5)16-12(18)11(3)17-10-8-9-15(17,7-2)13(19)20/h11H,6-10H2,1-5H3,(H,16,18)(H,19,20). The minimum Gasteiger partial charge on any atom is -0.480 e. The summed E-state index contributed by atoms with van der Waals surface area (Å²) >= 11 is 0. The van der Waals surface area contributed by atoms with Crippen molar-refractivity contribution in [3.8, 4) is 0 Å². The number of carbonyl (C=O) groups excluding carboxylic acids is 1. The van der Waals surface area contributed by atoms with Gasteiger partial charge in [-0.3, -0.25) is 14.5 Å². The van der Waals surface area contributed by atoms with Gasteiger partial charge in [0.1, 0.15) is 5.54 Å². The topological polar surface area (TPSA) is 69.6 Å². The Morgan fingerprint density at radius 1 is 1.40 bits per heavy atom. The van der Waals surface area contributed by atoms with Crippen LogP contribution in [0.15, 0.2) is 0 Å². The van der Waals surface area contributed by atoms with Gasteiger partial charge >= 0.3 is 5.97 Å². The molecule has 0 spiro atoms. The summed E-state index contributed by atoms with van der Waals surface area (Å²) in [5.41, 5.74) is -1.14. The molecule has 5 heteroatoms. The molecule has 0 aliphatic carbocycles. The first-order chi connectivity index (χ1) is 9.20. The predicted molar refractivity (Wildman–Crippen MR) is 78.6 cm³/mol. The van der Waals surface area contributed by atoms with E-state index < -0.39 is 17.6 Å². The van der Waals surface area contributed by atoms with Gasteiger partial charge < -0.3 is 10.4 Å². The van der Waals surface area contributed by atoms with Crippen LogP contribution in [0.4, 0.5) is 0 Å². The van der Waals surface area contributed by atoms with Crippen LogP contribution in [0.25, 0.3) is 0 Å². The summed E-state index contributed by atoms with van der Waals surface area (Å²) in [4.78, 5) is 25.9. The van der Waals surface area contributed by atoms with E-state index in [-0.39, 0.29) is 11.4 Å². The minimum absolute atomic E-state index is 0.0853. The van der Waals surface area contributed by atoms with Gasteiger partial charge in [-0.05, 0) is 46.5 Å². The largest absolute Gasteiger partial charge is 0.480 e. The van der Waals surface area contributed by atoms with E-state index in [0.717, 1.165) is 12.8 Å². The van der Waals surface area contributed by atoms with Gasteiger partial charge in [0.15, 0.2) is 0 Å². The third-order valence-electron chi connectivity index (χ3n) is 4.71. The fraction of sp³-hybridized carbons (Fsp3) is 0.867. The number of amides is 1. The average Bonchev–Trinajstić information content (AvgIpc) is 2.82. The number of hydrogen-bond acceptors (Lipinski definition) is 3. The SMILES string of the molecule is CCC(C)(C)NC(=O)C(C)N1CCCC1(CC)C(=O)O. The monoisotopic (exact) mass is 284 g/mol. The van der Waals surface area contributed by atoms with Gasteiger partial charge in [0.2, 0.25) is 5.91 Å². The number of nitrogens with zero attached hydrogens (tertiary/aromatic N) is 1. The van der Waals surface area contributed by atoms with E-state index in [0.29, 0.717) is 19.4 Å². The highest BCUT2D eigenvalue weighted by atomic mass is 16.4. The molecule has 2 unspecified atom stereocenters. The molecule has 116 valence electrons. The molecule has 0 aromatic heterocycles. The molecular formula is C15H28N2O3. The molecule has 1 fully saturated rings. The first-order valence-corrected chi connectivity index (χ1v) is 7.52. The second kappa shape index (κ2) is 6.12. The highest BCUT2D eigenvalue weighted by molar-refractivity contribution is 5.85. The van der Waals surface area contributed by atoms with Crippen molar-refractivity contribution in [3.63, 3.8) is 0 Å². The highest BCUT2D eigenvalue weighted by Gasteiger charge is 2.49. The van der Waals surface area contributed by atoms with E-state index in [1.165, 1.54) is 0 Å². The summed E-state index contributed by atoms with van der Waals surface area (Å²) in [7, 11) is 0. The Morgan fingerprint density at radius 3 is 2.45 bits per heavy atom. The second-order valence-electron chi connectivity index (χ2n) is 6.39. The van der Waals surface area contributed by atoms with Crippen LogP contribution in [-0.2, 0) is 9.59 Å². The summed E-state index contributed by atoms with van der Waals surface area (Å²) in [6.45, 7) is 10.3. The lowest BCUT2D eigenvalue weighted by Crippen LogP contribution is -2.59. The Bertz CT molecular complexity index is 381. The molecule has 0 bridgehead atoms. The Hall–Kier alpha value is -1.10. The van der Waals surface area contributed by atoms with Crippen LogP contribution in [-0.4, -0.2) is 45.5 Å². The molecule has 0 saturated carbocycles. The summed E-state index contributed by atoms with van der Waals surface area (Å²) in [6, 6.07) is -0.417. The number of hydrogen-bond donors (Lipinski definition) is 2. The lowest BCUT2D eigenvalue weighted by molar-refractivity contribution is -0.152. The third-order valence-corrected chi connectivity index (χ3v) is 4.71. The minimum atomic E-state index is -0.882. The molecule has 2 N–H and O–H groups in total. The number of rotatable bonds is 6. The van der Waals surface area contributed by atoms with Crippen molar-refractivity contribution in [2.45, 2.75) is 77.4 Å². The summed E-state index contributed by atoms with van der Waals surface area (Å²) in [5, 5.41) is 12.6. The van der Waals surface area contributed by atoms with Crippen LogP contribution in [0, 0.1) is 0 Å². The average molecular weight is 284 g/mol. The smallest absolute Gasteiger partial charge is 0.324 e. The van der Waals surface area contributed by atoms with Gasteiger partial charge in [-0.15, -0.1) is 0 Å². The molecule has 0 radical (unpaired) electrons. The zero-order chi connectivity index (χ0) is 15.6. The van der Waals surface area contributed by atoms with E-state index in [1.807, 2.05) is 32.6 Å². The van der Waals surface area contributed by atoms with Crippen molar-refractivity contribution < 1.29 is 14.7 Å². The Morgan fingerprint density at radius 2 is 2.00 bits per heavy atom. The molecular weight excluding hydrogens is 256 g/mol. The number of aliphatic carboxylic acids is 1. The number of nitrogens with one attached hydrogen (secondary N) is 1. The van der Waals surface area contributed by atoms with E-state index >= 15 is 0 Å². The van der Waals surface area contributed by atoms with Crippen molar-refractivity contribution in [2.75, 3.05) is 6.54 Å². The van der Waals surface area contributed by atoms with Gasteiger partial charge in [0, 0.05) is 12.1 Å². The molecule has 1 amide bonds. The van der Waals surface area contributed by atoms with Gasteiger partial charge in [-0.1, -0.05) is 13.8 Å². The molecule has 1 aliphatic heterocycles. The molecule has 2 atom stereocenters. The summed E-state index contributed by atoms with van der Waals surface area (Å²) in [6.07, 6.45) is 2.81. The van der Waals surface area contributed by atoms with Crippen LogP contribution in [0.1, 0.15) is 60.3 Å². The van der Waals surface area contributed by atoms with Crippen LogP contribution in [0.2, 0.25) is 0 Å². The second-order valence-corrected chi connectivity index (χ2v) is 6.39. The lowest BCUT2D eigenvalue weighted by atomic mass is 9.91. The van der Waals surface area contributed by atoms with Crippen LogP contribution < -0.4 is 5.32 Å². The van der Waals surface area contributed by atoms with Gasteiger partial charge in [-0.25, -0.2) is 0 Å². The summed E-state index contributed by atoms with van der Waals surface area (Å²) in [5.74, 6) is -0.898. The summed E-state index contributed by atoms with van der Waals surface area (Å²) < 4.78 is 0. The van der Waals surface area contributed by atoms with Crippen molar-refractivity contribution in [3.05, 3.63) is 0 Å². The fourth-order valence-electron chi connectivity index (χ4n) is 2.89. The molecule has 1 aliphatic rings. The Kier molecular flexibility index (Phi) is 5.19. The third kappa shape index (κ3) is 3.14. The van der Waals surface area contributed by atoms with Crippen LogP contribution in [0.3, 0.4) is 0 Å². The first kappa shape index (κ1) is 17.0. The molecule has 0 aromatic carbocycles. The first-order valence-electron chi connectivity index (χ1n) is 7.52. The van der Waals surface area contributed by atoms with E-state index in [1.54, 1.807) is 6.92 Å². The molecule has 5 nitrogen and oxygen atoms in total. The van der Waals surface area contributed by atoms with E-state index in [4.69, 9.17) is 0 Å². The number of carboxylic acids is 1. The number of carboxylic acid groups (broad SMARTS) is 1. The van der Waals surface area contributed by atoms with E-state index in [9.17, 15) is 14.7 Å². The molecule has 1 rings (SSSR count). The highest BCUT2D eigenvalue weighted by Crippen LogP contribution is 2.34. The Balaban J connectivity index is 2.88. The molecule has 20 heavy (non-hydrogen) atoms. The maximum absolute atomic E-state index is 12.4. The van der Waals surface area contributed by atoms with Gasteiger partial charge in [-0.2, -0.15) is 0 Å². The maximum atomic E-state index is 12.4. The zero-order valence-electron chi connectivity index (χ0n) is 13.3. The van der Waals surface area contributed by atoms with Crippen molar-refractivity contribution in [2.24, 2.45) is 0 Å². The maximum Gasteiger partial charge on any atom is 0.324 e. The number of likely N-dealkylation sites (tertiary alicyclic amines) is 1. The normalized spacial score (nSPS) is 25.4. The predicted octanol–water partition coefficient (Wildman–Crippen LogP) is 2.01. The quantitative estimate of drug-likeness (QED) is 0.783. The fourth-order valence-corrected chi connectivity index (χ4v) is 2.89. The zero-order valence-corrected chi connectivity index (χ0v) is 13.3. The van der Waals surface area contributed by atoms with Gasteiger partial charge in [0.25, 0.3) is 0 Å². The molecule has 1 saturated heterocycles. The van der Waals surface area contributed by atoms with Crippen LogP contribution >= 0.6 is 0 Å². The Labute approximate surface area is 121 Å². The molecule has 1 heterocycles.